The zero-order chi connectivity index (χ0) is 23.6. The lowest BCUT2D eigenvalue weighted by molar-refractivity contribution is -0.134. The average Bonchev–Trinajstić information content (AvgIpc) is 2.84. The molecule has 0 atom stereocenters. The number of nitrogens with zero attached hydrogens (tertiary/aromatic N) is 2. The fourth-order valence-electron chi connectivity index (χ4n) is 3.57. The summed E-state index contributed by atoms with van der Waals surface area (Å²) in [6, 6.07) is 8.38. The smallest absolute Gasteiger partial charge is 0.311 e. The molecule has 0 aliphatic rings. The molecule has 1 heterocycles. The van der Waals surface area contributed by atoms with Gasteiger partial charge < -0.3 is 9.47 Å². The monoisotopic (exact) mass is 452 g/mol. The van der Waals surface area contributed by atoms with Gasteiger partial charge in [-0.3, -0.25) is 4.79 Å². The average molecular weight is 453 g/mol. The van der Waals surface area contributed by atoms with E-state index in [1.54, 1.807) is 12.4 Å². The predicted octanol–water partition coefficient (Wildman–Crippen LogP) is 7.11. The van der Waals surface area contributed by atoms with Crippen LogP contribution in [0.2, 0.25) is 0 Å². The van der Waals surface area contributed by atoms with Gasteiger partial charge in [0.05, 0.1) is 12.4 Å². The van der Waals surface area contributed by atoms with Crippen molar-refractivity contribution in [1.29, 1.82) is 0 Å². The van der Waals surface area contributed by atoms with Crippen LogP contribution in [0.4, 0.5) is 0 Å². The summed E-state index contributed by atoms with van der Waals surface area (Å²) >= 11 is 0. The lowest BCUT2D eigenvalue weighted by Crippen LogP contribution is -2.08. The van der Waals surface area contributed by atoms with Gasteiger partial charge in [-0.15, -0.1) is 6.58 Å². The zero-order valence-electron chi connectivity index (χ0n) is 20.3. The van der Waals surface area contributed by atoms with Gasteiger partial charge in [0, 0.05) is 25.2 Å². The first-order valence-corrected chi connectivity index (χ1v) is 12.5. The molecular weight excluding hydrogens is 412 g/mol. The van der Waals surface area contributed by atoms with E-state index >= 15 is 0 Å². The highest BCUT2D eigenvalue weighted by molar-refractivity contribution is 5.72. The first-order valence-electron chi connectivity index (χ1n) is 12.5. The summed E-state index contributed by atoms with van der Waals surface area (Å²) in [4.78, 5) is 20.8. The van der Waals surface area contributed by atoms with E-state index in [0.29, 0.717) is 18.0 Å². The Bertz CT molecular complexity index is 788. The van der Waals surface area contributed by atoms with E-state index in [1.165, 1.54) is 31.2 Å². The molecule has 2 rings (SSSR count). The quantitative estimate of drug-likeness (QED) is 0.137. The van der Waals surface area contributed by atoms with Crippen molar-refractivity contribution in [3.63, 3.8) is 0 Å². The van der Waals surface area contributed by atoms with Crippen molar-refractivity contribution in [2.45, 2.75) is 84.0 Å². The standard InChI is InChI=1S/C28H40N2O3/c1-3-5-6-7-8-9-12-15-27(31)33-26-22-29-28(30-23-26)25-18-16-24(17-19-25)14-11-10-13-21-32-20-4-2/h3,16-19,22-23H,1,4-15,20-21H2,2H3. The SMILES string of the molecule is C=CCCCCCCCC(=O)Oc1cnc(-c2ccc(CCCCCOCCC)cc2)nc1. The van der Waals surface area contributed by atoms with Gasteiger partial charge in [-0.1, -0.05) is 62.9 Å². The molecular formula is C28H40N2O3. The van der Waals surface area contributed by atoms with Crippen molar-refractivity contribution < 1.29 is 14.3 Å². The minimum Gasteiger partial charge on any atom is -0.423 e. The Morgan fingerprint density at radius 1 is 0.909 bits per heavy atom. The number of hydrogen-bond acceptors (Lipinski definition) is 5. The van der Waals surface area contributed by atoms with E-state index in [4.69, 9.17) is 9.47 Å². The van der Waals surface area contributed by atoms with Gasteiger partial charge >= 0.3 is 5.97 Å². The molecule has 2 aromatic rings. The number of carbonyl (C=O) groups is 1. The lowest BCUT2D eigenvalue weighted by atomic mass is 10.0. The second-order valence-corrected chi connectivity index (χ2v) is 8.43. The molecule has 1 aromatic carbocycles. The second kappa shape index (κ2) is 17.0. The summed E-state index contributed by atoms with van der Waals surface area (Å²) in [5, 5.41) is 0. The fraction of sp³-hybridized carbons (Fsp3) is 0.536. The minimum atomic E-state index is -0.223. The summed E-state index contributed by atoms with van der Waals surface area (Å²) < 4.78 is 10.9. The van der Waals surface area contributed by atoms with Gasteiger partial charge in [-0.25, -0.2) is 9.97 Å². The normalized spacial score (nSPS) is 10.8. The van der Waals surface area contributed by atoms with Crippen molar-refractivity contribution in [2.24, 2.45) is 0 Å². The molecule has 0 aliphatic heterocycles. The molecule has 0 fully saturated rings. The van der Waals surface area contributed by atoms with E-state index in [9.17, 15) is 4.79 Å². The van der Waals surface area contributed by atoms with Crippen LogP contribution in [0, 0.1) is 0 Å². The Morgan fingerprint density at radius 2 is 1.61 bits per heavy atom. The van der Waals surface area contributed by atoms with Crippen molar-refractivity contribution in [1.82, 2.24) is 9.97 Å². The third kappa shape index (κ3) is 11.8. The summed E-state index contributed by atoms with van der Waals surface area (Å²) in [5.41, 5.74) is 2.28. The Labute approximate surface area is 199 Å². The number of carbonyl (C=O) groups excluding carboxylic acids is 1. The molecule has 5 heteroatoms. The van der Waals surface area contributed by atoms with Gasteiger partial charge in [-0.2, -0.15) is 0 Å². The third-order valence-corrected chi connectivity index (χ3v) is 5.46. The number of rotatable bonds is 18. The molecule has 5 nitrogen and oxygen atoms in total. The molecule has 33 heavy (non-hydrogen) atoms. The Balaban J connectivity index is 1.67. The van der Waals surface area contributed by atoms with E-state index in [2.05, 4.69) is 47.7 Å². The van der Waals surface area contributed by atoms with Crippen LogP contribution >= 0.6 is 0 Å². The van der Waals surface area contributed by atoms with Gasteiger partial charge in [-0.05, 0) is 50.5 Å². The number of ether oxygens (including phenoxy) is 2. The highest BCUT2D eigenvalue weighted by Crippen LogP contribution is 2.19. The van der Waals surface area contributed by atoms with Gasteiger partial charge in [0.15, 0.2) is 11.6 Å². The van der Waals surface area contributed by atoms with Gasteiger partial charge in [0.2, 0.25) is 0 Å². The topological polar surface area (TPSA) is 61.3 Å². The molecule has 0 bridgehead atoms. The number of aromatic nitrogens is 2. The van der Waals surface area contributed by atoms with Crippen molar-refractivity contribution >= 4 is 5.97 Å². The Hall–Kier alpha value is -2.53. The molecule has 0 aliphatic carbocycles. The van der Waals surface area contributed by atoms with Crippen molar-refractivity contribution in [3.05, 3.63) is 54.9 Å². The number of allylic oxidation sites excluding steroid dienone is 1. The molecule has 0 saturated carbocycles. The molecule has 0 amide bonds. The van der Waals surface area contributed by atoms with Crippen LogP contribution in [0.5, 0.6) is 5.75 Å². The number of esters is 1. The maximum Gasteiger partial charge on any atom is 0.311 e. The Kier molecular flexibility index (Phi) is 13.8. The largest absolute Gasteiger partial charge is 0.423 e. The zero-order valence-corrected chi connectivity index (χ0v) is 20.3. The van der Waals surface area contributed by atoms with Crippen molar-refractivity contribution in [2.75, 3.05) is 13.2 Å². The fourth-order valence-corrected chi connectivity index (χ4v) is 3.57. The van der Waals surface area contributed by atoms with Crippen LogP contribution in [-0.2, 0) is 16.0 Å². The molecule has 0 radical (unpaired) electrons. The minimum absolute atomic E-state index is 0.223. The van der Waals surface area contributed by atoms with Crippen LogP contribution in [0.1, 0.15) is 83.1 Å². The number of aryl methyl sites for hydroxylation is 1. The van der Waals surface area contributed by atoms with Gasteiger partial charge in [0.25, 0.3) is 0 Å². The van der Waals surface area contributed by atoms with Crippen LogP contribution < -0.4 is 4.74 Å². The summed E-state index contributed by atoms with van der Waals surface area (Å²) in [6.45, 7) is 7.60. The number of hydrogen-bond donors (Lipinski definition) is 0. The third-order valence-electron chi connectivity index (χ3n) is 5.46. The molecule has 0 unspecified atom stereocenters. The lowest BCUT2D eigenvalue weighted by Gasteiger charge is -2.06. The van der Waals surface area contributed by atoms with E-state index < -0.39 is 0 Å². The van der Waals surface area contributed by atoms with Crippen LogP contribution in [-0.4, -0.2) is 29.2 Å². The summed E-state index contributed by atoms with van der Waals surface area (Å²) in [5.74, 6) is 0.807. The summed E-state index contributed by atoms with van der Waals surface area (Å²) in [7, 11) is 0. The van der Waals surface area contributed by atoms with Crippen LogP contribution in [0.25, 0.3) is 11.4 Å². The molecule has 0 spiro atoms. The van der Waals surface area contributed by atoms with Crippen LogP contribution in [0.15, 0.2) is 49.3 Å². The maximum absolute atomic E-state index is 12.0. The number of unbranched alkanes of at least 4 members (excludes halogenated alkanes) is 7. The first kappa shape index (κ1) is 26.7. The molecule has 1 aromatic heterocycles. The summed E-state index contributed by atoms with van der Waals surface area (Å²) in [6.07, 6.45) is 17.6. The predicted molar refractivity (Wildman–Crippen MR) is 134 cm³/mol. The van der Waals surface area contributed by atoms with E-state index in [-0.39, 0.29) is 5.97 Å². The van der Waals surface area contributed by atoms with Gasteiger partial charge in [0.1, 0.15) is 0 Å². The first-order chi connectivity index (χ1) is 16.2. The molecule has 0 N–H and O–H groups in total. The van der Waals surface area contributed by atoms with E-state index in [0.717, 1.165) is 63.7 Å². The van der Waals surface area contributed by atoms with Crippen molar-refractivity contribution in [3.8, 4) is 17.1 Å². The van der Waals surface area contributed by atoms with Crippen LogP contribution in [0.3, 0.4) is 0 Å². The number of benzene rings is 1. The maximum atomic E-state index is 12.0. The molecule has 0 saturated heterocycles. The van der Waals surface area contributed by atoms with E-state index in [1.807, 2.05) is 6.08 Å². The Morgan fingerprint density at radius 3 is 2.33 bits per heavy atom. The highest BCUT2D eigenvalue weighted by atomic mass is 16.5. The second-order valence-electron chi connectivity index (χ2n) is 8.43. The highest BCUT2D eigenvalue weighted by Gasteiger charge is 2.07. The molecule has 180 valence electrons.